The Labute approximate surface area is 179 Å². The first-order valence-corrected chi connectivity index (χ1v) is 12.0. The molecule has 3 aromatic heterocycles. The van der Waals surface area contributed by atoms with E-state index < -0.39 is 10.0 Å². The van der Waals surface area contributed by atoms with Crippen LogP contribution in [0.2, 0.25) is 0 Å². The molecular formula is C20H23N5O3S2. The number of nitrogens with one attached hydrogen (secondary N) is 1. The second-order valence-electron chi connectivity index (χ2n) is 7.29. The van der Waals surface area contributed by atoms with E-state index >= 15 is 0 Å². The van der Waals surface area contributed by atoms with Gasteiger partial charge in [0.1, 0.15) is 15.6 Å². The van der Waals surface area contributed by atoms with Gasteiger partial charge in [-0.2, -0.15) is 4.31 Å². The smallest absolute Gasteiger partial charge is 0.268 e. The van der Waals surface area contributed by atoms with Crippen LogP contribution in [0.1, 0.15) is 41.3 Å². The molecule has 1 atom stereocenters. The largest absolute Gasteiger partial charge is 0.345 e. The zero-order chi connectivity index (χ0) is 21.3. The van der Waals surface area contributed by atoms with Crippen LogP contribution < -0.4 is 5.32 Å². The Morgan fingerprint density at radius 1 is 1.30 bits per heavy atom. The van der Waals surface area contributed by atoms with Crippen LogP contribution in [-0.4, -0.2) is 46.3 Å². The number of carbonyl (C=O) groups is 1. The maximum absolute atomic E-state index is 12.8. The number of nitrogens with zero attached hydrogens (tertiary/aromatic N) is 4. The third-order valence-corrected chi connectivity index (χ3v) is 8.00. The number of hydrogen-bond acceptors (Lipinski definition) is 6. The van der Waals surface area contributed by atoms with Crippen LogP contribution in [0.15, 0.2) is 47.1 Å². The van der Waals surface area contributed by atoms with Gasteiger partial charge in [0.05, 0.1) is 11.7 Å². The Kier molecular flexibility index (Phi) is 5.72. The van der Waals surface area contributed by atoms with Gasteiger partial charge < -0.3 is 9.88 Å². The van der Waals surface area contributed by atoms with Gasteiger partial charge >= 0.3 is 0 Å². The van der Waals surface area contributed by atoms with E-state index in [9.17, 15) is 13.2 Å². The fraction of sp³-hybridized carbons (Fsp3) is 0.350. The molecule has 1 aliphatic rings. The van der Waals surface area contributed by atoms with Crippen LogP contribution >= 0.6 is 11.3 Å². The van der Waals surface area contributed by atoms with Crippen molar-refractivity contribution in [1.29, 1.82) is 0 Å². The van der Waals surface area contributed by atoms with Crippen molar-refractivity contribution in [1.82, 2.24) is 24.2 Å². The van der Waals surface area contributed by atoms with E-state index in [-0.39, 0.29) is 16.8 Å². The molecule has 1 saturated heterocycles. The molecule has 158 valence electrons. The zero-order valence-corrected chi connectivity index (χ0v) is 18.4. The number of thiazole rings is 1. The minimum Gasteiger partial charge on any atom is -0.345 e. The Bertz CT molecular complexity index is 1150. The van der Waals surface area contributed by atoms with Gasteiger partial charge in [0.25, 0.3) is 5.91 Å². The summed E-state index contributed by atoms with van der Waals surface area (Å²) in [7, 11) is -1.89. The van der Waals surface area contributed by atoms with Crippen molar-refractivity contribution in [2.24, 2.45) is 7.05 Å². The molecule has 0 bridgehead atoms. The van der Waals surface area contributed by atoms with Crippen LogP contribution in [-0.2, 0) is 17.1 Å². The quantitative estimate of drug-likeness (QED) is 0.629. The van der Waals surface area contributed by atoms with E-state index in [1.165, 1.54) is 27.9 Å². The summed E-state index contributed by atoms with van der Waals surface area (Å²) in [5, 5.41) is 5.61. The van der Waals surface area contributed by atoms with Crippen LogP contribution in [0.25, 0.3) is 11.3 Å². The molecule has 1 aliphatic heterocycles. The van der Waals surface area contributed by atoms with Crippen molar-refractivity contribution < 1.29 is 13.2 Å². The van der Waals surface area contributed by atoms with Crippen molar-refractivity contribution in [3.8, 4) is 11.3 Å². The first kappa shape index (κ1) is 20.7. The number of aromatic nitrogens is 3. The SMILES string of the molecule is CC(NC(=O)c1cc(S(=O)(=O)N2CCCC2)cn1C)c1nc(-c2cccnc2)cs1. The number of amides is 1. The maximum Gasteiger partial charge on any atom is 0.268 e. The molecule has 8 nitrogen and oxygen atoms in total. The number of carbonyl (C=O) groups excluding carboxylic acids is 1. The summed E-state index contributed by atoms with van der Waals surface area (Å²) in [6.45, 7) is 2.91. The van der Waals surface area contributed by atoms with Gasteiger partial charge in [0.15, 0.2) is 0 Å². The Morgan fingerprint density at radius 2 is 2.07 bits per heavy atom. The highest BCUT2D eigenvalue weighted by atomic mass is 32.2. The zero-order valence-electron chi connectivity index (χ0n) is 16.8. The molecule has 0 saturated carbocycles. The molecule has 10 heteroatoms. The average molecular weight is 446 g/mol. The van der Waals surface area contributed by atoms with Crippen LogP contribution in [0.4, 0.5) is 0 Å². The molecule has 1 N–H and O–H groups in total. The van der Waals surface area contributed by atoms with Crippen LogP contribution in [0.5, 0.6) is 0 Å². The maximum atomic E-state index is 12.8. The van der Waals surface area contributed by atoms with Crippen molar-refractivity contribution in [2.45, 2.75) is 30.7 Å². The Balaban J connectivity index is 1.49. The van der Waals surface area contributed by atoms with E-state index in [1.807, 2.05) is 24.4 Å². The molecule has 1 unspecified atom stereocenters. The molecule has 4 heterocycles. The highest BCUT2D eigenvalue weighted by Gasteiger charge is 2.29. The highest BCUT2D eigenvalue weighted by molar-refractivity contribution is 7.89. The van der Waals surface area contributed by atoms with Gasteiger partial charge in [-0.3, -0.25) is 9.78 Å². The van der Waals surface area contributed by atoms with E-state index in [1.54, 1.807) is 24.0 Å². The fourth-order valence-electron chi connectivity index (χ4n) is 3.44. The van der Waals surface area contributed by atoms with Gasteiger partial charge in [-0.15, -0.1) is 11.3 Å². The lowest BCUT2D eigenvalue weighted by atomic mass is 10.2. The summed E-state index contributed by atoms with van der Waals surface area (Å²) in [5.74, 6) is -0.342. The van der Waals surface area contributed by atoms with Gasteiger partial charge in [-0.1, -0.05) is 0 Å². The molecule has 0 aliphatic carbocycles. The highest BCUT2D eigenvalue weighted by Crippen LogP contribution is 2.26. The lowest BCUT2D eigenvalue weighted by Gasteiger charge is -2.13. The third-order valence-electron chi connectivity index (χ3n) is 5.11. The summed E-state index contributed by atoms with van der Waals surface area (Å²) in [5.41, 5.74) is 2.02. The predicted octanol–water partition coefficient (Wildman–Crippen LogP) is 2.82. The van der Waals surface area contributed by atoms with Crippen molar-refractivity contribution in [3.63, 3.8) is 0 Å². The number of pyridine rings is 1. The van der Waals surface area contributed by atoms with E-state index in [4.69, 9.17) is 0 Å². The first-order chi connectivity index (χ1) is 14.4. The first-order valence-electron chi connectivity index (χ1n) is 9.69. The fourth-order valence-corrected chi connectivity index (χ4v) is 5.87. The molecule has 0 spiro atoms. The molecule has 30 heavy (non-hydrogen) atoms. The molecule has 3 aromatic rings. The number of hydrogen-bond donors (Lipinski definition) is 1. The Hall–Kier alpha value is -2.56. The van der Waals surface area contributed by atoms with Crippen LogP contribution in [0, 0.1) is 0 Å². The van der Waals surface area contributed by atoms with E-state index in [0.717, 1.165) is 29.1 Å². The van der Waals surface area contributed by atoms with Crippen molar-refractivity contribution >= 4 is 27.3 Å². The second kappa shape index (κ2) is 8.29. The number of rotatable bonds is 6. The number of aryl methyl sites for hydroxylation is 1. The van der Waals surface area contributed by atoms with Gasteiger partial charge in [-0.05, 0) is 38.0 Å². The van der Waals surface area contributed by atoms with Crippen molar-refractivity contribution in [3.05, 3.63) is 52.9 Å². The molecule has 4 rings (SSSR count). The lowest BCUT2D eigenvalue weighted by Crippen LogP contribution is -2.28. The number of sulfonamides is 1. The Morgan fingerprint density at radius 3 is 2.77 bits per heavy atom. The molecule has 1 amide bonds. The van der Waals surface area contributed by atoms with Gasteiger partial charge in [-0.25, -0.2) is 13.4 Å². The third kappa shape index (κ3) is 4.03. The lowest BCUT2D eigenvalue weighted by molar-refractivity contribution is 0.0931. The van der Waals surface area contributed by atoms with Gasteiger partial charge in [0.2, 0.25) is 10.0 Å². The van der Waals surface area contributed by atoms with E-state index in [2.05, 4.69) is 15.3 Å². The minimum absolute atomic E-state index is 0.151. The van der Waals surface area contributed by atoms with Gasteiger partial charge in [0, 0.05) is 49.7 Å². The summed E-state index contributed by atoms with van der Waals surface area (Å²) in [6, 6.07) is 4.91. The summed E-state index contributed by atoms with van der Waals surface area (Å²) in [6.07, 6.45) is 6.68. The normalized spacial score (nSPS) is 15.9. The summed E-state index contributed by atoms with van der Waals surface area (Å²) in [4.78, 5) is 21.7. The van der Waals surface area contributed by atoms with Crippen molar-refractivity contribution in [2.75, 3.05) is 13.1 Å². The predicted molar refractivity (Wildman–Crippen MR) is 115 cm³/mol. The second-order valence-corrected chi connectivity index (χ2v) is 10.1. The topological polar surface area (TPSA) is 97.2 Å². The average Bonchev–Trinajstić information content (AvgIpc) is 3.49. The molecule has 1 fully saturated rings. The standard InChI is InChI=1S/C20H23N5O3S2/c1-14(20-23-17(13-29-20)15-6-5-7-21-11-15)22-19(26)18-10-16(12-24(18)2)30(27,28)25-8-3-4-9-25/h5-7,10-14H,3-4,8-9H2,1-2H3,(H,22,26). The van der Waals surface area contributed by atoms with E-state index in [0.29, 0.717) is 18.8 Å². The molecule has 0 radical (unpaired) electrons. The van der Waals surface area contributed by atoms with Crippen LogP contribution in [0.3, 0.4) is 0 Å². The minimum atomic E-state index is -3.57. The molecule has 0 aromatic carbocycles. The summed E-state index contributed by atoms with van der Waals surface area (Å²) < 4.78 is 28.6. The monoisotopic (exact) mass is 445 g/mol. The summed E-state index contributed by atoms with van der Waals surface area (Å²) >= 11 is 1.46. The molecular weight excluding hydrogens is 422 g/mol.